The number of thiophene rings is 1. The van der Waals surface area contributed by atoms with Crippen molar-refractivity contribution in [1.82, 2.24) is 10.2 Å². The van der Waals surface area contributed by atoms with Gasteiger partial charge in [0.15, 0.2) is 0 Å². The molecule has 1 fully saturated rings. The van der Waals surface area contributed by atoms with Crippen molar-refractivity contribution in [2.75, 3.05) is 20.1 Å². The Labute approximate surface area is 123 Å². The molecule has 3 rings (SSSR count). The summed E-state index contributed by atoms with van der Waals surface area (Å²) in [6.07, 6.45) is 2.22. The molecule has 0 saturated carbocycles. The Hall–Kier alpha value is -1.39. The van der Waals surface area contributed by atoms with E-state index in [-0.39, 0.29) is 5.91 Å². The van der Waals surface area contributed by atoms with Gasteiger partial charge in [0.05, 0.1) is 4.88 Å². The number of nitrogens with zero attached hydrogens (tertiary/aromatic N) is 1. The molecule has 2 aromatic rings. The molecule has 3 nitrogen and oxygen atoms in total. The number of amides is 1. The second-order valence-corrected chi connectivity index (χ2v) is 6.46. The van der Waals surface area contributed by atoms with Gasteiger partial charge in [-0.1, -0.05) is 18.2 Å². The smallest absolute Gasteiger partial charge is 0.264 e. The van der Waals surface area contributed by atoms with Gasteiger partial charge >= 0.3 is 0 Å². The third-order valence-electron chi connectivity index (χ3n) is 4.12. The van der Waals surface area contributed by atoms with E-state index in [2.05, 4.69) is 24.4 Å². The zero-order valence-electron chi connectivity index (χ0n) is 12.0. The van der Waals surface area contributed by atoms with Gasteiger partial charge in [0.25, 0.3) is 5.91 Å². The number of carbonyl (C=O) groups is 1. The first kappa shape index (κ1) is 13.6. The molecule has 1 atom stereocenters. The number of nitrogens with one attached hydrogen (secondary N) is 1. The summed E-state index contributed by atoms with van der Waals surface area (Å²) in [5.41, 5.74) is 1.13. The summed E-state index contributed by atoms with van der Waals surface area (Å²) in [4.78, 5) is 15.8. The maximum atomic E-state index is 12.8. The Balaban J connectivity index is 1.94. The van der Waals surface area contributed by atoms with Crippen molar-refractivity contribution in [3.63, 3.8) is 0 Å². The average molecular weight is 288 g/mol. The Morgan fingerprint density at radius 1 is 1.45 bits per heavy atom. The van der Waals surface area contributed by atoms with E-state index in [0.29, 0.717) is 6.04 Å². The second kappa shape index (κ2) is 5.54. The fraction of sp³-hybridized carbons (Fsp3) is 0.438. The van der Waals surface area contributed by atoms with Gasteiger partial charge < -0.3 is 10.2 Å². The van der Waals surface area contributed by atoms with Gasteiger partial charge in [-0.15, -0.1) is 11.3 Å². The molecule has 0 aliphatic carbocycles. The van der Waals surface area contributed by atoms with Gasteiger partial charge in [0.2, 0.25) is 0 Å². The van der Waals surface area contributed by atoms with Crippen molar-refractivity contribution >= 4 is 27.3 Å². The molecule has 4 heteroatoms. The monoisotopic (exact) mass is 288 g/mol. The van der Waals surface area contributed by atoms with E-state index in [4.69, 9.17) is 0 Å². The lowest BCUT2D eigenvalue weighted by molar-refractivity contribution is 0.0741. The number of fused-ring (bicyclic) bond motifs is 1. The molecule has 0 bridgehead atoms. The zero-order chi connectivity index (χ0) is 14.1. The largest absolute Gasteiger partial charge is 0.334 e. The molecule has 1 aliphatic rings. The van der Waals surface area contributed by atoms with Crippen molar-refractivity contribution in [2.45, 2.75) is 25.8 Å². The van der Waals surface area contributed by atoms with E-state index >= 15 is 0 Å². The molecule has 20 heavy (non-hydrogen) atoms. The van der Waals surface area contributed by atoms with Crippen LogP contribution in [0.2, 0.25) is 0 Å². The predicted octanol–water partition coefficient (Wildman–Crippen LogP) is 3.03. The maximum Gasteiger partial charge on any atom is 0.264 e. The highest BCUT2D eigenvalue weighted by molar-refractivity contribution is 7.21. The maximum absolute atomic E-state index is 12.8. The Bertz CT molecular complexity index is 634. The minimum atomic E-state index is 0.210. The number of carbonyl (C=O) groups excluding carboxylic acids is 1. The van der Waals surface area contributed by atoms with Crippen LogP contribution in [0, 0.1) is 6.92 Å². The fourth-order valence-corrected chi connectivity index (χ4v) is 4.22. The molecular weight excluding hydrogens is 268 g/mol. The van der Waals surface area contributed by atoms with Crippen LogP contribution in [0.5, 0.6) is 0 Å². The number of hydrogen-bond donors (Lipinski definition) is 1. The van der Waals surface area contributed by atoms with Crippen LogP contribution in [0.25, 0.3) is 10.1 Å². The van der Waals surface area contributed by atoms with Gasteiger partial charge in [-0.2, -0.15) is 0 Å². The minimum Gasteiger partial charge on any atom is -0.334 e. The molecule has 2 heterocycles. The van der Waals surface area contributed by atoms with Gasteiger partial charge in [0.1, 0.15) is 0 Å². The van der Waals surface area contributed by atoms with Crippen LogP contribution in [0.4, 0.5) is 0 Å². The number of benzene rings is 1. The van der Waals surface area contributed by atoms with Crippen molar-refractivity contribution < 1.29 is 4.79 Å². The molecule has 0 unspecified atom stereocenters. The van der Waals surface area contributed by atoms with Crippen LogP contribution in [-0.2, 0) is 0 Å². The first-order valence-corrected chi connectivity index (χ1v) is 7.97. The molecule has 0 radical (unpaired) electrons. The zero-order valence-corrected chi connectivity index (χ0v) is 12.8. The first-order chi connectivity index (χ1) is 9.72. The van der Waals surface area contributed by atoms with Crippen LogP contribution in [0.3, 0.4) is 0 Å². The van der Waals surface area contributed by atoms with E-state index in [9.17, 15) is 4.79 Å². The van der Waals surface area contributed by atoms with Crippen LogP contribution in [-0.4, -0.2) is 37.0 Å². The molecule has 1 saturated heterocycles. The van der Waals surface area contributed by atoms with Gasteiger partial charge in [-0.25, -0.2) is 0 Å². The highest BCUT2D eigenvalue weighted by Gasteiger charge is 2.30. The van der Waals surface area contributed by atoms with Crippen LogP contribution < -0.4 is 5.32 Å². The van der Waals surface area contributed by atoms with Crippen molar-refractivity contribution in [3.05, 3.63) is 34.7 Å². The summed E-state index contributed by atoms with van der Waals surface area (Å²) in [5.74, 6) is 0.210. The summed E-state index contributed by atoms with van der Waals surface area (Å²) < 4.78 is 1.21. The topological polar surface area (TPSA) is 32.3 Å². The van der Waals surface area contributed by atoms with Gasteiger partial charge in [-0.05, 0) is 43.8 Å². The summed E-state index contributed by atoms with van der Waals surface area (Å²) in [6.45, 7) is 3.84. The Morgan fingerprint density at radius 2 is 2.25 bits per heavy atom. The Kier molecular flexibility index (Phi) is 3.76. The first-order valence-electron chi connectivity index (χ1n) is 7.16. The quantitative estimate of drug-likeness (QED) is 0.941. The van der Waals surface area contributed by atoms with Crippen molar-refractivity contribution in [2.24, 2.45) is 0 Å². The lowest BCUT2D eigenvalue weighted by Gasteiger charge is -2.24. The third-order valence-corrected chi connectivity index (χ3v) is 5.38. The molecule has 106 valence electrons. The third kappa shape index (κ3) is 2.23. The van der Waals surface area contributed by atoms with Gasteiger partial charge in [0, 0.05) is 23.8 Å². The number of rotatable bonds is 3. The fourth-order valence-electron chi connectivity index (χ4n) is 3.06. The molecule has 1 amide bonds. The molecule has 1 aliphatic heterocycles. The standard InChI is InChI=1S/C16H20N2OS/c1-11-13-7-3-4-8-14(13)20-15(11)16(19)18-9-5-6-12(18)10-17-2/h3-4,7-8,12,17H,5-6,9-10H2,1-2H3/t12-/m0/s1. The van der Waals surface area contributed by atoms with E-state index in [1.807, 2.05) is 24.1 Å². The lowest BCUT2D eigenvalue weighted by atomic mass is 10.1. The van der Waals surface area contributed by atoms with E-state index in [0.717, 1.165) is 36.4 Å². The lowest BCUT2D eigenvalue weighted by Crippen LogP contribution is -2.40. The molecule has 0 spiro atoms. The van der Waals surface area contributed by atoms with Crippen molar-refractivity contribution in [3.8, 4) is 0 Å². The van der Waals surface area contributed by atoms with E-state index in [1.54, 1.807) is 11.3 Å². The van der Waals surface area contributed by atoms with Crippen molar-refractivity contribution in [1.29, 1.82) is 0 Å². The van der Waals surface area contributed by atoms with Crippen LogP contribution in [0.15, 0.2) is 24.3 Å². The average Bonchev–Trinajstić information content (AvgIpc) is 3.04. The molecule has 1 aromatic carbocycles. The number of hydrogen-bond acceptors (Lipinski definition) is 3. The van der Waals surface area contributed by atoms with E-state index in [1.165, 1.54) is 10.1 Å². The minimum absolute atomic E-state index is 0.210. The highest BCUT2D eigenvalue weighted by atomic mass is 32.1. The highest BCUT2D eigenvalue weighted by Crippen LogP contribution is 2.32. The predicted molar refractivity (Wildman–Crippen MR) is 84.5 cm³/mol. The summed E-state index contributed by atoms with van der Waals surface area (Å²) in [5, 5.41) is 4.41. The number of likely N-dealkylation sites (N-methyl/N-ethyl adjacent to an activating group) is 1. The Morgan fingerprint density at radius 3 is 3.00 bits per heavy atom. The molecule has 1 aromatic heterocycles. The summed E-state index contributed by atoms with van der Waals surface area (Å²) in [6, 6.07) is 8.62. The number of likely N-dealkylation sites (tertiary alicyclic amines) is 1. The second-order valence-electron chi connectivity index (χ2n) is 5.40. The summed E-state index contributed by atoms with van der Waals surface area (Å²) in [7, 11) is 1.95. The van der Waals surface area contributed by atoms with E-state index < -0.39 is 0 Å². The normalized spacial score (nSPS) is 18.9. The molecular formula is C16H20N2OS. The molecule has 1 N–H and O–H groups in total. The van der Waals surface area contributed by atoms with Crippen LogP contribution >= 0.6 is 11.3 Å². The number of aryl methyl sites for hydroxylation is 1. The van der Waals surface area contributed by atoms with Gasteiger partial charge in [-0.3, -0.25) is 4.79 Å². The van der Waals surface area contributed by atoms with Crippen LogP contribution in [0.1, 0.15) is 28.1 Å². The SMILES string of the molecule is CNC[C@@H]1CCCN1C(=O)c1sc2ccccc2c1C. The summed E-state index contributed by atoms with van der Waals surface area (Å²) >= 11 is 1.63.